The molecule has 2 unspecified atom stereocenters. The standard InChI is InChI=1S/C16H21NO/c1-11-12(2)17(8-7-16(11)18)15-9-13-5-3-4-6-14(13)10-15/h3-6,11-12,15H,7-10H2,1-2H3. The molecule has 1 aliphatic heterocycles. The number of hydrogen-bond acceptors (Lipinski definition) is 2. The number of benzene rings is 1. The van der Waals surface area contributed by atoms with E-state index in [4.69, 9.17) is 0 Å². The van der Waals surface area contributed by atoms with Crippen LogP contribution in [0.25, 0.3) is 0 Å². The van der Waals surface area contributed by atoms with E-state index < -0.39 is 0 Å². The number of carbonyl (C=O) groups excluding carboxylic acids is 1. The molecule has 0 aromatic heterocycles. The summed E-state index contributed by atoms with van der Waals surface area (Å²) in [5.74, 6) is 0.636. The monoisotopic (exact) mass is 243 g/mol. The SMILES string of the molecule is CC1C(=O)CCN(C2Cc3ccccc3C2)C1C. The van der Waals surface area contributed by atoms with Gasteiger partial charge >= 0.3 is 0 Å². The van der Waals surface area contributed by atoms with Gasteiger partial charge in [-0.1, -0.05) is 31.2 Å². The molecule has 0 saturated carbocycles. The predicted octanol–water partition coefficient (Wildman–Crippen LogP) is 2.45. The number of piperidine rings is 1. The summed E-state index contributed by atoms with van der Waals surface area (Å²) in [5.41, 5.74) is 3.00. The molecule has 3 rings (SSSR count). The Bertz CT molecular complexity index is 443. The first-order chi connectivity index (χ1) is 8.66. The number of rotatable bonds is 1. The van der Waals surface area contributed by atoms with E-state index in [1.165, 1.54) is 11.1 Å². The lowest BCUT2D eigenvalue weighted by molar-refractivity contribution is -0.128. The number of hydrogen-bond donors (Lipinski definition) is 0. The normalized spacial score (nSPS) is 29.6. The van der Waals surface area contributed by atoms with Crippen LogP contribution >= 0.6 is 0 Å². The molecule has 1 heterocycles. The highest BCUT2D eigenvalue weighted by molar-refractivity contribution is 5.82. The summed E-state index contributed by atoms with van der Waals surface area (Å²) in [7, 11) is 0. The molecular weight excluding hydrogens is 222 g/mol. The summed E-state index contributed by atoms with van der Waals surface area (Å²) in [4.78, 5) is 14.3. The molecule has 0 N–H and O–H groups in total. The van der Waals surface area contributed by atoms with Crippen molar-refractivity contribution in [3.8, 4) is 0 Å². The van der Waals surface area contributed by atoms with Gasteiger partial charge in [0.2, 0.25) is 0 Å². The molecule has 0 amide bonds. The van der Waals surface area contributed by atoms with Crippen molar-refractivity contribution in [2.45, 2.75) is 45.2 Å². The molecule has 1 saturated heterocycles. The van der Waals surface area contributed by atoms with E-state index in [1.807, 2.05) is 0 Å². The van der Waals surface area contributed by atoms with E-state index in [2.05, 4.69) is 43.0 Å². The second-order valence-electron chi connectivity index (χ2n) is 5.81. The van der Waals surface area contributed by atoms with Gasteiger partial charge in [-0.25, -0.2) is 0 Å². The van der Waals surface area contributed by atoms with E-state index in [-0.39, 0.29) is 5.92 Å². The molecule has 2 heteroatoms. The van der Waals surface area contributed by atoms with Gasteiger partial charge in [-0.2, -0.15) is 0 Å². The molecule has 2 nitrogen and oxygen atoms in total. The van der Waals surface area contributed by atoms with E-state index in [0.29, 0.717) is 17.9 Å². The quantitative estimate of drug-likeness (QED) is 0.755. The first-order valence-electron chi connectivity index (χ1n) is 7.02. The highest BCUT2D eigenvalue weighted by Crippen LogP contribution is 2.30. The second kappa shape index (κ2) is 4.51. The lowest BCUT2D eigenvalue weighted by Gasteiger charge is -2.40. The predicted molar refractivity (Wildman–Crippen MR) is 72.6 cm³/mol. The van der Waals surface area contributed by atoms with Gasteiger partial charge in [-0.15, -0.1) is 0 Å². The fourth-order valence-electron chi connectivity index (χ4n) is 3.51. The molecule has 96 valence electrons. The van der Waals surface area contributed by atoms with Crippen LogP contribution in [-0.4, -0.2) is 29.3 Å². The summed E-state index contributed by atoms with van der Waals surface area (Å²) >= 11 is 0. The van der Waals surface area contributed by atoms with Gasteiger partial charge in [0.05, 0.1) is 0 Å². The van der Waals surface area contributed by atoms with Crippen LogP contribution in [0, 0.1) is 5.92 Å². The lowest BCUT2D eigenvalue weighted by atomic mass is 9.89. The molecule has 1 aromatic carbocycles. The molecule has 0 spiro atoms. The van der Waals surface area contributed by atoms with Crippen LogP contribution in [0.3, 0.4) is 0 Å². The fraction of sp³-hybridized carbons (Fsp3) is 0.562. The summed E-state index contributed by atoms with van der Waals surface area (Å²) in [5, 5.41) is 0. The first kappa shape index (κ1) is 11.9. The molecule has 1 fully saturated rings. The van der Waals surface area contributed by atoms with Crippen LogP contribution in [-0.2, 0) is 17.6 Å². The van der Waals surface area contributed by atoms with Crippen LogP contribution in [0.4, 0.5) is 0 Å². The van der Waals surface area contributed by atoms with Crippen molar-refractivity contribution in [3.05, 3.63) is 35.4 Å². The molecule has 2 atom stereocenters. The van der Waals surface area contributed by atoms with Gasteiger partial charge in [-0.05, 0) is 30.9 Å². The van der Waals surface area contributed by atoms with Crippen LogP contribution < -0.4 is 0 Å². The minimum atomic E-state index is 0.197. The van der Waals surface area contributed by atoms with Crippen LogP contribution in [0.1, 0.15) is 31.4 Å². The number of nitrogens with zero attached hydrogens (tertiary/aromatic N) is 1. The topological polar surface area (TPSA) is 20.3 Å². The number of fused-ring (bicyclic) bond motifs is 1. The van der Waals surface area contributed by atoms with Crippen molar-refractivity contribution in [1.82, 2.24) is 4.90 Å². The van der Waals surface area contributed by atoms with Crippen molar-refractivity contribution in [3.63, 3.8) is 0 Å². The maximum Gasteiger partial charge on any atom is 0.138 e. The van der Waals surface area contributed by atoms with E-state index in [9.17, 15) is 4.79 Å². The molecule has 1 aliphatic carbocycles. The van der Waals surface area contributed by atoms with Crippen molar-refractivity contribution >= 4 is 5.78 Å². The maximum absolute atomic E-state index is 11.8. The smallest absolute Gasteiger partial charge is 0.138 e. The highest BCUT2D eigenvalue weighted by atomic mass is 16.1. The Morgan fingerprint density at radius 3 is 2.33 bits per heavy atom. The summed E-state index contributed by atoms with van der Waals surface area (Å²) in [6.45, 7) is 5.25. The van der Waals surface area contributed by atoms with E-state index in [1.54, 1.807) is 0 Å². The summed E-state index contributed by atoms with van der Waals surface area (Å²) < 4.78 is 0. The molecule has 0 bridgehead atoms. The minimum absolute atomic E-state index is 0.197. The van der Waals surface area contributed by atoms with Crippen molar-refractivity contribution in [1.29, 1.82) is 0 Å². The fourth-order valence-corrected chi connectivity index (χ4v) is 3.51. The van der Waals surface area contributed by atoms with Gasteiger partial charge in [0.1, 0.15) is 5.78 Å². The zero-order valence-corrected chi connectivity index (χ0v) is 11.2. The first-order valence-corrected chi connectivity index (χ1v) is 7.02. The van der Waals surface area contributed by atoms with Crippen LogP contribution in [0.2, 0.25) is 0 Å². The van der Waals surface area contributed by atoms with E-state index >= 15 is 0 Å². The van der Waals surface area contributed by atoms with Gasteiger partial charge in [-0.3, -0.25) is 9.69 Å². The Morgan fingerprint density at radius 2 is 1.72 bits per heavy atom. The summed E-state index contributed by atoms with van der Waals surface area (Å²) in [6, 6.07) is 9.76. The Kier molecular flexibility index (Phi) is 2.98. The third kappa shape index (κ3) is 1.89. The molecule has 1 aromatic rings. The second-order valence-corrected chi connectivity index (χ2v) is 5.81. The highest BCUT2D eigenvalue weighted by Gasteiger charge is 2.36. The van der Waals surface area contributed by atoms with Crippen molar-refractivity contribution in [2.75, 3.05) is 6.54 Å². The lowest BCUT2D eigenvalue weighted by Crippen LogP contribution is -2.51. The van der Waals surface area contributed by atoms with Crippen molar-refractivity contribution in [2.24, 2.45) is 5.92 Å². The number of likely N-dealkylation sites (tertiary alicyclic amines) is 1. The van der Waals surface area contributed by atoms with Gasteiger partial charge in [0, 0.05) is 31.0 Å². The number of ketones is 1. The molecule has 0 radical (unpaired) electrons. The molecule has 18 heavy (non-hydrogen) atoms. The van der Waals surface area contributed by atoms with Gasteiger partial charge < -0.3 is 0 Å². The number of Topliss-reactive ketones (excluding diaryl/α,β-unsaturated/α-hetero) is 1. The third-order valence-corrected chi connectivity index (χ3v) is 4.87. The minimum Gasteiger partial charge on any atom is -0.299 e. The Morgan fingerprint density at radius 1 is 1.11 bits per heavy atom. The Balaban J connectivity index is 1.76. The number of carbonyl (C=O) groups is 1. The van der Waals surface area contributed by atoms with Gasteiger partial charge in [0.25, 0.3) is 0 Å². The van der Waals surface area contributed by atoms with Crippen molar-refractivity contribution < 1.29 is 4.79 Å². The Labute approximate surface area is 109 Å². The molecule has 2 aliphatic rings. The zero-order valence-electron chi connectivity index (χ0n) is 11.2. The zero-order chi connectivity index (χ0) is 12.7. The average Bonchev–Trinajstić information content (AvgIpc) is 2.79. The largest absolute Gasteiger partial charge is 0.299 e. The average molecular weight is 243 g/mol. The van der Waals surface area contributed by atoms with Crippen LogP contribution in [0.5, 0.6) is 0 Å². The van der Waals surface area contributed by atoms with Gasteiger partial charge in [0.15, 0.2) is 0 Å². The van der Waals surface area contributed by atoms with E-state index in [0.717, 1.165) is 25.8 Å². The third-order valence-electron chi connectivity index (χ3n) is 4.87. The maximum atomic E-state index is 11.8. The van der Waals surface area contributed by atoms with Crippen LogP contribution in [0.15, 0.2) is 24.3 Å². The Hall–Kier alpha value is -1.15. The summed E-state index contributed by atoms with van der Waals surface area (Å²) in [6.07, 6.45) is 3.04. The molecular formula is C16H21NO.